The molecule has 0 aliphatic carbocycles. The number of aromatic nitrogens is 4. The second-order valence-corrected chi connectivity index (χ2v) is 10.5. The van der Waals surface area contributed by atoms with Crippen LogP contribution < -0.4 is 20.7 Å². The van der Waals surface area contributed by atoms with Gasteiger partial charge in [-0.05, 0) is 29.3 Å². The van der Waals surface area contributed by atoms with Crippen molar-refractivity contribution in [3.8, 4) is 11.4 Å². The van der Waals surface area contributed by atoms with E-state index in [2.05, 4.69) is 49.4 Å². The lowest BCUT2D eigenvalue weighted by Gasteiger charge is -2.36. The van der Waals surface area contributed by atoms with Crippen molar-refractivity contribution in [3.05, 3.63) is 101 Å². The maximum atomic E-state index is 12.8. The van der Waals surface area contributed by atoms with Gasteiger partial charge in [0.15, 0.2) is 0 Å². The lowest BCUT2D eigenvalue weighted by atomic mass is 10.0. The predicted molar refractivity (Wildman–Crippen MR) is 160 cm³/mol. The molecule has 2 fully saturated rings. The summed E-state index contributed by atoms with van der Waals surface area (Å²) in [6, 6.07) is 21.7. The van der Waals surface area contributed by atoms with E-state index in [1.807, 2.05) is 30.3 Å². The molecule has 11 nitrogen and oxygen atoms in total. The topological polar surface area (TPSA) is 109 Å². The number of nitrogens with zero attached hydrogens (tertiary/aromatic N) is 7. The molecule has 2 aliphatic rings. The smallest absolute Gasteiger partial charge is 0.410 e. The Labute approximate surface area is 244 Å². The first-order valence-corrected chi connectivity index (χ1v) is 14.2. The highest BCUT2D eigenvalue weighted by molar-refractivity contribution is 5.68. The van der Waals surface area contributed by atoms with Crippen molar-refractivity contribution in [1.82, 2.24) is 29.7 Å². The van der Waals surface area contributed by atoms with Gasteiger partial charge in [0, 0.05) is 76.9 Å². The monoisotopic (exact) mass is 566 g/mol. The van der Waals surface area contributed by atoms with Crippen LogP contribution >= 0.6 is 0 Å². The second-order valence-electron chi connectivity index (χ2n) is 10.5. The van der Waals surface area contributed by atoms with E-state index in [4.69, 9.17) is 9.72 Å². The lowest BCUT2D eigenvalue weighted by molar-refractivity contribution is 0.0942. The maximum absolute atomic E-state index is 12.8. The molecule has 216 valence electrons. The number of amides is 1. The average molecular weight is 567 g/mol. The zero-order valence-corrected chi connectivity index (χ0v) is 23.6. The Balaban J connectivity index is 1.07. The van der Waals surface area contributed by atoms with Crippen LogP contribution in [0.1, 0.15) is 17.2 Å². The van der Waals surface area contributed by atoms with Crippen molar-refractivity contribution in [1.29, 1.82) is 0 Å². The summed E-state index contributed by atoms with van der Waals surface area (Å²) in [6.45, 7) is 5.20. The Morgan fingerprint density at radius 1 is 0.952 bits per heavy atom. The third-order valence-corrected chi connectivity index (χ3v) is 7.82. The van der Waals surface area contributed by atoms with Crippen molar-refractivity contribution in [2.75, 3.05) is 55.6 Å². The fourth-order valence-electron chi connectivity index (χ4n) is 5.41. The summed E-state index contributed by atoms with van der Waals surface area (Å²) in [7, 11) is 1.75. The Kier molecular flexibility index (Phi) is 8.09. The second kappa shape index (κ2) is 12.4. The quantitative estimate of drug-likeness (QED) is 0.377. The van der Waals surface area contributed by atoms with Gasteiger partial charge in [-0.15, -0.1) is 0 Å². The SMILES string of the molecule is Cn1c(N2CCNC(c3ccc(N4CCN(C(=O)OCc5ccccc5)CC4)cc3)C2)nc(-c2ccncn2)cc1=O. The molecule has 0 bridgehead atoms. The highest BCUT2D eigenvalue weighted by Crippen LogP contribution is 2.25. The molecule has 6 rings (SSSR count). The van der Waals surface area contributed by atoms with E-state index in [9.17, 15) is 9.59 Å². The van der Waals surface area contributed by atoms with Crippen molar-refractivity contribution in [2.45, 2.75) is 12.6 Å². The average Bonchev–Trinajstić information content (AvgIpc) is 3.06. The normalized spacial score (nSPS) is 17.3. The largest absolute Gasteiger partial charge is 0.445 e. The minimum atomic E-state index is -0.267. The summed E-state index contributed by atoms with van der Waals surface area (Å²) in [6.07, 6.45) is 2.84. The zero-order valence-electron chi connectivity index (χ0n) is 23.6. The molecule has 1 amide bonds. The maximum Gasteiger partial charge on any atom is 0.410 e. The molecule has 4 aromatic rings. The molecule has 0 radical (unpaired) electrons. The number of ether oxygens (including phenoxy) is 1. The van der Waals surface area contributed by atoms with Gasteiger partial charge < -0.3 is 24.8 Å². The van der Waals surface area contributed by atoms with Gasteiger partial charge in [-0.3, -0.25) is 9.36 Å². The molecular formula is C31H34N8O3. The number of anilines is 2. The number of carbonyl (C=O) groups is 1. The van der Waals surface area contributed by atoms with Crippen LogP contribution in [-0.4, -0.2) is 76.3 Å². The number of carbonyl (C=O) groups excluding carboxylic acids is 1. The fourth-order valence-corrected chi connectivity index (χ4v) is 5.41. The minimum Gasteiger partial charge on any atom is -0.445 e. The van der Waals surface area contributed by atoms with E-state index >= 15 is 0 Å². The van der Waals surface area contributed by atoms with Crippen LogP contribution in [0.15, 0.2) is 84.0 Å². The number of nitrogens with one attached hydrogen (secondary N) is 1. The Bertz CT molecular complexity index is 1560. The van der Waals surface area contributed by atoms with E-state index in [0.717, 1.165) is 37.4 Å². The highest BCUT2D eigenvalue weighted by Gasteiger charge is 2.26. The number of rotatable bonds is 6. The summed E-state index contributed by atoms with van der Waals surface area (Å²) >= 11 is 0. The Morgan fingerprint density at radius 3 is 2.48 bits per heavy atom. The molecule has 1 N–H and O–H groups in total. The van der Waals surface area contributed by atoms with Crippen molar-refractivity contribution < 1.29 is 9.53 Å². The molecule has 11 heteroatoms. The minimum absolute atomic E-state index is 0.0867. The van der Waals surface area contributed by atoms with Crippen LogP contribution in [0, 0.1) is 0 Å². The third-order valence-electron chi connectivity index (χ3n) is 7.82. The van der Waals surface area contributed by atoms with Crippen LogP contribution in [-0.2, 0) is 18.4 Å². The summed E-state index contributed by atoms with van der Waals surface area (Å²) in [4.78, 5) is 44.6. The van der Waals surface area contributed by atoms with Gasteiger partial charge in [-0.2, -0.15) is 0 Å². The van der Waals surface area contributed by atoms with E-state index < -0.39 is 0 Å². The summed E-state index contributed by atoms with van der Waals surface area (Å²) < 4.78 is 7.09. The van der Waals surface area contributed by atoms with Crippen LogP contribution in [0.25, 0.3) is 11.4 Å². The Morgan fingerprint density at radius 2 is 1.74 bits per heavy atom. The fraction of sp³-hybridized carbons (Fsp3) is 0.323. The van der Waals surface area contributed by atoms with E-state index in [1.165, 1.54) is 18.0 Å². The van der Waals surface area contributed by atoms with E-state index in [-0.39, 0.29) is 24.3 Å². The van der Waals surface area contributed by atoms with Crippen LogP contribution in [0.2, 0.25) is 0 Å². The number of hydrogen-bond donors (Lipinski definition) is 1. The van der Waals surface area contributed by atoms with E-state index in [1.54, 1.807) is 28.8 Å². The van der Waals surface area contributed by atoms with Crippen LogP contribution in [0.5, 0.6) is 0 Å². The van der Waals surface area contributed by atoms with Gasteiger partial charge in [-0.25, -0.2) is 19.7 Å². The molecule has 4 heterocycles. The van der Waals surface area contributed by atoms with Gasteiger partial charge in [0.25, 0.3) is 5.56 Å². The molecule has 2 saturated heterocycles. The van der Waals surface area contributed by atoms with E-state index in [0.29, 0.717) is 37.0 Å². The van der Waals surface area contributed by atoms with Crippen LogP contribution in [0.3, 0.4) is 0 Å². The lowest BCUT2D eigenvalue weighted by Crippen LogP contribution is -2.49. The van der Waals surface area contributed by atoms with Crippen molar-refractivity contribution in [3.63, 3.8) is 0 Å². The van der Waals surface area contributed by atoms with Crippen LogP contribution in [0.4, 0.5) is 16.4 Å². The van der Waals surface area contributed by atoms with Gasteiger partial charge in [0.05, 0.1) is 11.4 Å². The third kappa shape index (κ3) is 6.10. The molecule has 2 aromatic carbocycles. The summed E-state index contributed by atoms with van der Waals surface area (Å²) in [5.74, 6) is 0.624. The van der Waals surface area contributed by atoms with Crippen molar-refractivity contribution >= 4 is 17.7 Å². The van der Waals surface area contributed by atoms with Gasteiger partial charge in [0.2, 0.25) is 5.95 Å². The highest BCUT2D eigenvalue weighted by atomic mass is 16.6. The molecule has 0 spiro atoms. The first-order chi connectivity index (χ1) is 20.5. The molecule has 1 unspecified atom stereocenters. The van der Waals surface area contributed by atoms with Crippen molar-refractivity contribution in [2.24, 2.45) is 7.05 Å². The zero-order chi connectivity index (χ0) is 28.9. The first-order valence-electron chi connectivity index (χ1n) is 14.2. The standard InChI is InChI=1S/C31H34N8O3/c1-36-29(40)19-27(26-11-12-32-22-34-26)35-30(36)39-14-13-33-28(20-39)24-7-9-25(10-8-24)37-15-17-38(18-16-37)31(41)42-21-23-5-3-2-4-6-23/h2-12,19,22,28,33H,13-18,20-21H2,1H3. The number of benzene rings is 2. The molecule has 2 aliphatic heterocycles. The molecule has 42 heavy (non-hydrogen) atoms. The molecule has 0 saturated carbocycles. The predicted octanol–water partition coefficient (Wildman–Crippen LogP) is 2.85. The Hall–Kier alpha value is -4.77. The van der Waals surface area contributed by atoms with Gasteiger partial charge >= 0.3 is 6.09 Å². The number of piperazine rings is 2. The molecule has 2 aromatic heterocycles. The first kappa shape index (κ1) is 27.4. The van der Waals surface area contributed by atoms with Gasteiger partial charge in [-0.1, -0.05) is 42.5 Å². The number of hydrogen-bond acceptors (Lipinski definition) is 9. The summed E-state index contributed by atoms with van der Waals surface area (Å²) in [5.41, 5.74) is 4.32. The molecular weight excluding hydrogens is 532 g/mol. The molecule has 1 atom stereocenters. The summed E-state index contributed by atoms with van der Waals surface area (Å²) in [5, 5.41) is 3.61. The van der Waals surface area contributed by atoms with Gasteiger partial charge in [0.1, 0.15) is 12.9 Å².